The highest BCUT2D eigenvalue weighted by Crippen LogP contribution is 2.15. The molecule has 0 bridgehead atoms. The van der Waals surface area contributed by atoms with Crippen LogP contribution in [0.15, 0.2) is 0 Å². The number of rotatable bonds is 10. The molecule has 1 unspecified atom stereocenters. The van der Waals surface area contributed by atoms with Crippen LogP contribution in [0.25, 0.3) is 0 Å². The second-order valence-electron chi connectivity index (χ2n) is 4.15. The molecule has 6 heteroatoms. The first-order valence-electron chi connectivity index (χ1n) is 6.24. The summed E-state index contributed by atoms with van der Waals surface area (Å²) in [5, 5.41) is 3.07. The Bertz CT molecular complexity index is 239. The Hall–Kier alpha value is -0.750. The van der Waals surface area contributed by atoms with E-state index in [-0.39, 0.29) is 12.6 Å². The lowest BCUT2D eigenvalue weighted by atomic mass is 9.96. The van der Waals surface area contributed by atoms with Crippen LogP contribution in [0, 0.1) is 0 Å². The summed E-state index contributed by atoms with van der Waals surface area (Å²) in [6.45, 7) is 6.00. The van der Waals surface area contributed by atoms with Gasteiger partial charge in [-0.15, -0.1) is 0 Å². The minimum Gasteiger partial charge on any atom is -0.465 e. The highest BCUT2D eigenvalue weighted by atomic mass is 19.3. The maximum atomic E-state index is 11.8. The van der Waals surface area contributed by atoms with Crippen LogP contribution in [-0.4, -0.2) is 44.3 Å². The number of nitrogens with one attached hydrogen (secondary N) is 1. The Labute approximate surface area is 107 Å². The lowest BCUT2D eigenvalue weighted by Gasteiger charge is -2.28. The van der Waals surface area contributed by atoms with Crippen molar-refractivity contribution >= 4 is 5.97 Å². The van der Waals surface area contributed by atoms with Crippen LogP contribution >= 0.6 is 0 Å². The number of likely N-dealkylation sites (N-methyl/N-ethyl adjacent to an activating group) is 1. The van der Waals surface area contributed by atoms with Gasteiger partial charge in [0.15, 0.2) is 0 Å². The van der Waals surface area contributed by atoms with Gasteiger partial charge in [0, 0.05) is 6.61 Å². The maximum absolute atomic E-state index is 11.8. The molecule has 4 nitrogen and oxygen atoms in total. The Morgan fingerprint density at radius 1 is 1.39 bits per heavy atom. The molecule has 0 aromatic rings. The first kappa shape index (κ1) is 17.2. The van der Waals surface area contributed by atoms with E-state index in [0.29, 0.717) is 26.0 Å². The molecule has 0 aliphatic rings. The molecule has 0 radical (unpaired) electrons. The summed E-state index contributed by atoms with van der Waals surface area (Å²) >= 11 is 0. The van der Waals surface area contributed by atoms with Gasteiger partial charge in [-0.1, -0.05) is 6.92 Å². The van der Waals surface area contributed by atoms with Crippen molar-refractivity contribution in [3.05, 3.63) is 0 Å². The third-order valence-corrected chi connectivity index (χ3v) is 2.50. The lowest BCUT2D eigenvalue weighted by Crippen LogP contribution is -2.50. The van der Waals surface area contributed by atoms with Crippen molar-refractivity contribution in [1.29, 1.82) is 0 Å². The average molecular weight is 267 g/mol. The SMILES string of the molecule is CCNC(C)(CCCOCC(F)F)C(=O)OCC. The van der Waals surface area contributed by atoms with Gasteiger partial charge in [0.1, 0.15) is 12.1 Å². The molecule has 1 atom stereocenters. The number of hydrogen-bond donors (Lipinski definition) is 1. The van der Waals surface area contributed by atoms with Gasteiger partial charge in [-0.2, -0.15) is 0 Å². The molecule has 0 heterocycles. The normalized spacial score (nSPS) is 14.6. The number of carbonyl (C=O) groups is 1. The van der Waals surface area contributed by atoms with E-state index < -0.39 is 18.6 Å². The zero-order valence-electron chi connectivity index (χ0n) is 11.3. The Balaban J connectivity index is 4.06. The van der Waals surface area contributed by atoms with Gasteiger partial charge >= 0.3 is 5.97 Å². The summed E-state index contributed by atoms with van der Waals surface area (Å²) in [4.78, 5) is 11.8. The van der Waals surface area contributed by atoms with Crippen LogP contribution in [0.4, 0.5) is 8.78 Å². The van der Waals surface area contributed by atoms with E-state index in [4.69, 9.17) is 9.47 Å². The Morgan fingerprint density at radius 2 is 2.06 bits per heavy atom. The maximum Gasteiger partial charge on any atom is 0.326 e. The third kappa shape index (κ3) is 6.86. The van der Waals surface area contributed by atoms with Gasteiger partial charge in [0.2, 0.25) is 0 Å². The molecule has 0 saturated heterocycles. The summed E-state index contributed by atoms with van der Waals surface area (Å²) in [5.41, 5.74) is -0.779. The number of alkyl halides is 2. The molecule has 0 aliphatic carbocycles. The van der Waals surface area contributed by atoms with E-state index in [1.54, 1.807) is 13.8 Å². The molecule has 0 rings (SSSR count). The largest absolute Gasteiger partial charge is 0.465 e. The van der Waals surface area contributed by atoms with Gasteiger partial charge in [0.05, 0.1) is 6.61 Å². The van der Waals surface area contributed by atoms with Gasteiger partial charge in [-0.3, -0.25) is 4.79 Å². The van der Waals surface area contributed by atoms with Crippen molar-refractivity contribution in [3.8, 4) is 0 Å². The highest BCUT2D eigenvalue weighted by Gasteiger charge is 2.33. The van der Waals surface area contributed by atoms with E-state index in [1.807, 2.05) is 6.92 Å². The molecular formula is C12H23F2NO3. The highest BCUT2D eigenvalue weighted by molar-refractivity contribution is 5.80. The Morgan fingerprint density at radius 3 is 2.56 bits per heavy atom. The van der Waals surface area contributed by atoms with E-state index in [2.05, 4.69) is 5.32 Å². The Kier molecular flexibility index (Phi) is 8.83. The molecule has 0 fully saturated rings. The van der Waals surface area contributed by atoms with Crippen molar-refractivity contribution in [3.63, 3.8) is 0 Å². The fourth-order valence-corrected chi connectivity index (χ4v) is 1.64. The van der Waals surface area contributed by atoms with Crippen molar-refractivity contribution in [1.82, 2.24) is 5.32 Å². The monoisotopic (exact) mass is 267 g/mol. The fraction of sp³-hybridized carbons (Fsp3) is 0.917. The molecule has 0 aliphatic heterocycles. The summed E-state index contributed by atoms with van der Waals surface area (Å²) in [6.07, 6.45) is -1.44. The molecular weight excluding hydrogens is 244 g/mol. The minimum absolute atomic E-state index is 0.213. The summed E-state index contributed by atoms with van der Waals surface area (Å²) in [7, 11) is 0. The standard InChI is InChI=1S/C12H23F2NO3/c1-4-15-12(3,11(16)18-5-2)7-6-8-17-9-10(13)14/h10,15H,4-9H2,1-3H3. The summed E-state index contributed by atoms with van der Waals surface area (Å²) in [5.74, 6) is -0.319. The van der Waals surface area contributed by atoms with Crippen molar-refractivity contribution in [2.75, 3.05) is 26.4 Å². The van der Waals surface area contributed by atoms with Crippen LogP contribution < -0.4 is 5.32 Å². The zero-order chi connectivity index (χ0) is 14.0. The van der Waals surface area contributed by atoms with E-state index in [9.17, 15) is 13.6 Å². The number of carbonyl (C=O) groups excluding carboxylic acids is 1. The van der Waals surface area contributed by atoms with Crippen LogP contribution in [0.3, 0.4) is 0 Å². The number of esters is 1. The fourth-order valence-electron chi connectivity index (χ4n) is 1.64. The van der Waals surface area contributed by atoms with E-state index in [0.717, 1.165) is 0 Å². The van der Waals surface area contributed by atoms with Gasteiger partial charge in [-0.05, 0) is 33.2 Å². The molecule has 0 spiro atoms. The van der Waals surface area contributed by atoms with E-state index >= 15 is 0 Å². The van der Waals surface area contributed by atoms with Crippen LogP contribution in [0.2, 0.25) is 0 Å². The number of hydrogen-bond acceptors (Lipinski definition) is 4. The quantitative estimate of drug-likeness (QED) is 0.485. The molecule has 18 heavy (non-hydrogen) atoms. The van der Waals surface area contributed by atoms with Crippen LogP contribution in [0.5, 0.6) is 0 Å². The van der Waals surface area contributed by atoms with Gasteiger partial charge in [0.25, 0.3) is 6.43 Å². The predicted molar refractivity (Wildman–Crippen MR) is 64.8 cm³/mol. The summed E-state index contributed by atoms with van der Waals surface area (Å²) < 4.78 is 33.4. The second-order valence-corrected chi connectivity index (χ2v) is 4.15. The molecule has 0 aromatic heterocycles. The topological polar surface area (TPSA) is 47.6 Å². The predicted octanol–water partition coefficient (Wildman–Crippen LogP) is 1.98. The molecule has 0 amide bonds. The zero-order valence-corrected chi connectivity index (χ0v) is 11.3. The first-order valence-corrected chi connectivity index (χ1v) is 6.24. The molecule has 0 aromatic carbocycles. The molecule has 0 saturated carbocycles. The van der Waals surface area contributed by atoms with Crippen LogP contribution in [-0.2, 0) is 14.3 Å². The van der Waals surface area contributed by atoms with Crippen LogP contribution in [0.1, 0.15) is 33.6 Å². The lowest BCUT2D eigenvalue weighted by molar-refractivity contribution is -0.151. The van der Waals surface area contributed by atoms with Crippen molar-refractivity contribution < 1.29 is 23.0 Å². The van der Waals surface area contributed by atoms with Crippen molar-refractivity contribution in [2.45, 2.75) is 45.6 Å². The third-order valence-electron chi connectivity index (χ3n) is 2.50. The van der Waals surface area contributed by atoms with Gasteiger partial charge < -0.3 is 14.8 Å². The summed E-state index contributed by atoms with van der Waals surface area (Å²) in [6, 6.07) is 0. The first-order chi connectivity index (χ1) is 8.46. The van der Waals surface area contributed by atoms with E-state index in [1.165, 1.54) is 0 Å². The molecule has 108 valence electrons. The second kappa shape index (κ2) is 9.22. The smallest absolute Gasteiger partial charge is 0.326 e. The minimum atomic E-state index is -2.45. The van der Waals surface area contributed by atoms with Gasteiger partial charge in [-0.25, -0.2) is 8.78 Å². The van der Waals surface area contributed by atoms with Crippen molar-refractivity contribution in [2.24, 2.45) is 0 Å². The number of ether oxygens (including phenoxy) is 2. The number of halogens is 2. The molecule has 1 N–H and O–H groups in total. The average Bonchev–Trinajstić information content (AvgIpc) is 2.28.